The Morgan fingerprint density at radius 2 is 2.19 bits per heavy atom. The number of carbonyl (C=O) groups is 1. The third-order valence-electron chi connectivity index (χ3n) is 2.73. The number of rotatable bonds is 4. The molecule has 2 heterocycles. The third-order valence-corrected chi connectivity index (χ3v) is 2.99. The van der Waals surface area contributed by atoms with Gasteiger partial charge >= 0.3 is 5.97 Å². The van der Waals surface area contributed by atoms with E-state index in [1.807, 2.05) is 0 Å². The molecule has 0 amide bonds. The molecule has 21 heavy (non-hydrogen) atoms. The molecule has 0 aliphatic rings. The molecule has 0 aromatic carbocycles. The summed E-state index contributed by atoms with van der Waals surface area (Å²) in [5.41, 5.74) is 6.44. The molecule has 0 fully saturated rings. The molecule has 8 nitrogen and oxygen atoms in total. The minimum absolute atomic E-state index is 0.0246. The summed E-state index contributed by atoms with van der Waals surface area (Å²) in [6, 6.07) is 0. The Morgan fingerprint density at radius 1 is 1.48 bits per heavy atom. The molecular weight excluding hydrogens is 298 g/mol. The van der Waals surface area contributed by atoms with Gasteiger partial charge in [0.25, 0.3) is 0 Å². The van der Waals surface area contributed by atoms with Crippen molar-refractivity contribution in [3.63, 3.8) is 0 Å². The molecule has 0 aliphatic carbocycles. The fraction of sp³-hybridized carbons (Fsp3) is 0.333. The lowest BCUT2D eigenvalue weighted by Gasteiger charge is -2.11. The minimum atomic E-state index is -0.464. The molecule has 2 aromatic rings. The SMILES string of the molecule is CCOC(=O)c1cnn(-c2nc(N)nc(Cl)c2OC)c1C. The van der Waals surface area contributed by atoms with E-state index in [4.69, 9.17) is 26.8 Å². The Labute approximate surface area is 125 Å². The van der Waals surface area contributed by atoms with Gasteiger partial charge in [0, 0.05) is 0 Å². The van der Waals surface area contributed by atoms with E-state index in [9.17, 15) is 4.79 Å². The number of nitrogens with zero attached hydrogens (tertiary/aromatic N) is 4. The van der Waals surface area contributed by atoms with E-state index in [1.54, 1.807) is 13.8 Å². The van der Waals surface area contributed by atoms with Crippen LogP contribution < -0.4 is 10.5 Å². The van der Waals surface area contributed by atoms with Crippen molar-refractivity contribution < 1.29 is 14.3 Å². The molecule has 2 N–H and O–H groups in total. The van der Waals surface area contributed by atoms with Gasteiger partial charge in [0.05, 0.1) is 25.6 Å². The standard InChI is InChI=1S/C12H14ClN5O3/c1-4-21-11(19)7-5-15-18(6(7)2)10-8(20-3)9(13)16-12(14)17-10/h5H,4H2,1-3H3,(H2,14,16,17). The minimum Gasteiger partial charge on any atom is -0.490 e. The molecule has 0 saturated heterocycles. The van der Waals surface area contributed by atoms with E-state index in [2.05, 4.69) is 15.1 Å². The second-order valence-corrected chi connectivity index (χ2v) is 4.36. The highest BCUT2D eigenvalue weighted by atomic mass is 35.5. The predicted octanol–water partition coefficient (Wildman–Crippen LogP) is 1.39. The number of nitrogen functional groups attached to an aromatic ring is 1. The quantitative estimate of drug-likeness (QED) is 0.672. The van der Waals surface area contributed by atoms with Crippen LogP contribution in [0.4, 0.5) is 5.95 Å². The van der Waals surface area contributed by atoms with Gasteiger partial charge in [-0.25, -0.2) is 9.48 Å². The average Bonchev–Trinajstić information content (AvgIpc) is 2.80. The van der Waals surface area contributed by atoms with Crippen molar-refractivity contribution in [1.82, 2.24) is 19.7 Å². The fourth-order valence-electron chi connectivity index (χ4n) is 1.78. The van der Waals surface area contributed by atoms with Gasteiger partial charge in [-0.1, -0.05) is 11.6 Å². The normalized spacial score (nSPS) is 10.5. The molecule has 2 rings (SSSR count). The van der Waals surface area contributed by atoms with Crippen molar-refractivity contribution in [2.45, 2.75) is 13.8 Å². The Morgan fingerprint density at radius 3 is 2.81 bits per heavy atom. The highest BCUT2D eigenvalue weighted by molar-refractivity contribution is 6.31. The van der Waals surface area contributed by atoms with Crippen molar-refractivity contribution in [1.29, 1.82) is 0 Å². The maximum Gasteiger partial charge on any atom is 0.341 e. The van der Waals surface area contributed by atoms with Gasteiger partial charge < -0.3 is 15.2 Å². The van der Waals surface area contributed by atoms with Gasteiger partial charge in [-0.15, -0.1) is 0 Å². The first-order valence-electron chi connectivity index (χ1n) is 6.08. The fourth-order valence-corrected chi connectivity index (χ4v) is 2.03. The molecule has 0 unspecified atom stereocenters. The lowest BCUT2D eigenvalue weighted by molar-refractivity contribution is 0.0525. The van der Waals surface area contributed by atoms with Crippen LogP contribution in [0, 0.1) is 6.92 Å². The predicted molar refractivity (Wildman–Crippen MR) is 75.8 cm³/mol. The van der Waals surface area contributed by atoms with E-state index in [1.165, 1.54) is 18.0 Å². The number of hydrogen-bond acceptors (Lipinski definition) is 7. The lowest BCUT2D eigenvalue weighted by atomic mass is 10.2. The Kier molecular flexibility index (Phi) is 4.27. The number of methoxy groups -OCH3 is 1. The summed E-state index contributed by atoms with van der Waals surface area (Å²) in [6.07, 6.45) is 1.39. The van der Waals surface area contributed by atoms with Gasteiger partial charge in [0.2, 0.25) is 17.5 Å². The first-order valence-corrected chi connectivity index (χ1v) is 6.46. The number of esters is 1. The van der Waals surface area contributed by atoms with E-state index in [0.29, 0.717) is 11.3 Å². The molecule has 0 spiro atoms. The number of halogens is 1. The number of ether oxygens (including phenoxy) is 2. The molecule has 0 saturated carbocycles. The first kappa shape index (κ1) is 15.0. The summed E-state index contributed by atoms with van der Waals surface area (Å²) in [6.45, 7) is 3.70. The van der Waals surface area contributed by atoms with Crippen LogP contribution in [-0.4, -0.2) is 39.4 Å². The first-order chi connectivity index (χ1) is 9.99. The monoisotopic (exact) mass is 311 g/mol. The van der Waals surface area contributed by atoms with Gasteiger partial charge in [0.15, 0.2) is 5.15 Å². The Bertz CT molecular complexity index is 686. The maximum absolute atomic E-state index is 11.8. The molecule has 9 heteroatoms. The number of anilines is 1. The summed E-state index contributed by atoms with van der Waals surface area (Å²) in [5, 5.41) is 4.17. The van der Waals surface area contributed by atoms with Crippen molar-refractivity contribution in [3.8, 4) is 11.6 Å². The topological polar surface area (TPSA) is 105 Å². The van der Waals surface area contributed by atoms with E-state index >= 15 is 0 Å². The average molecular weight is 312 g/mol. The van der Waals surface area contributed by atoms with Crippen LogP contribution in [0.15, 0.2) is 6.20 Å². The largest absolute Gasteiger partial charge is 0.490 e. The molecule has 0 radical (unpaired) electrons. The molecule has 0 aliphatic heterocycles. The zero-order chi connectivity index (χ0) is 15.6. The number of hydrogen-bond donors (Lipinski definition) is 1. The second kappa shape index (κ2) is 5.96. The van der Waals surface area contributed by atoms with Crippen LogP contribution in [0.1, 0.15) is 23.0 Å². The summed E-state index contributed by atoms with van der Waals surface area (Å²) < 4.78 is 11.5. The molecular formula is C12H14ClN5O3. The van der Waals surface area contributed by atoms with Crippen molar-refractivity contribution in [2.24, 2.45) is 0 Å². The zero-order valence-corrected chi connectivity index (χ0v) is 12.5. The molecule has 2 aromatic heterocycles. The maximum atomic E-state index is 11.8. The van der Waals surface area contributed by atoms with Gasteiger partial charge in [-0.2, -0.15) is 15.1 Å². The van der Waals surface area contributed by atoms with E-state index in [0.717, 1.165) is 0 Å². The second-order valence-electron chi connectivity index (χ2n) is 4.01. The summed E-state index contributed by atoms with van der Waals surface area (Å²) >= 11 is 5.97. The van der Waals surface area contributed by atoms with Gasteiger partial charge in [-0.05, 0) is 13.8 Å². The van der Waals surface area contributed by atoms with Crippen molar-refractivity contribution in [2.75, 3.05) is 19.5 Å². The van der Waals surface area contributed by atoms with Crippen LogP contribution >= 0.6 is 11.6 Å². The van der Waals surface area contributed by atoms with Crippen LogP contribution in [0.3, 0.4) is 0 Å². The zero-order valence-electron chi connectivity index (χ0n) is 11.8. The van der Waals surface area contributed by atoms with Crippen LogP contribution in [0.5, 0.6) is 5.75 Å². The summed E-state index contributed by atoms with van der Waals surface area (Å²) in [4.78, 5) is 19.7. The third kappa shape index (κ3) is 2.75. The summed E-state index contributed by atoms with van der Waals surface area (Å²) in [5.74, 6) is -0.0211. The smallest absolute Gasteiger partial charge is 0.341 e. The van der Waals surface area contributed by atoms with E-state index in [-0.39, 0.29) is 29.3 Å². The highest BCUT2D eigenvalue weighted by Gasteiger charge is 2.21. The van der Waals surface area contributed by atoms with Crippen molar-refractivity contribution in [3.05, 3.63) is 22.6 Å². The summed E-state index contributed by atoms with van der Waals surface area (Å²) in [7, 11) is 1.43. The van der Waals surface area contributed by atoms with E-state index < -0.39 is 5.97 Å². The number of carbonyl (C=O) groups excluding carboxylic acids is 1. The van der Waals surface area contributed by atoms with Crippen LogP contribution in [-0.2, 0) is 4.74 Å². The Balaban J connectivity index is 2.56. The molecule has 0 atom stereocenters. The van der Waals surface area contributed by atoms with Crippen LogP contribution in [0.25, 0.3) is 5.82 Å². The van der Waals surface area contributed by atoms with Crippen molar-refractivity contribution >= 4 is 23.5 Å². The highest BCUT2D eigenvalue weighted by Crippen LogP contribution is 2.29. The molecule has 0 bridgehead atoms. The number of nitrogens with two attached hydrogens (primary N) is 1. The number of aromatic nitrogens is 4. The van der Waals surface area contributed by atoms with Gasteiger partial charge in [-0.3, -0.25) is 0 Å². The van der Waals surface area contributed by atoms with Gasteiger partial charge in [0.1, 0.15) is 5.56 Å². The Hall–Kier alpha value is -2.35. The van der Waals surface area contributed by atoms with Crippen LogP contribution in [0.2, 0.25) is 5.15 Å². The molecule has 112 valence electrons. The lowest BCUT2D eigenvalue weighted by Crippen LogP contribution is -2.10.